The molecule has 1 amide bonds. The summed E-state index contributed by atoms with van der Waals surface area (Å²) in [5.41, 5.74) is 0. The molecule has 0 radical (unpaired) electrons. The standard InChI is InChI=1S/C12H20BrNO/c13-10-7-4-8-11(10)14-12(15)9-5-2-1-3-6-9/h9-11H,1-8H2,(H,14,15). The number of carbonyl (C=O) groups is 1. The first kappa shape index (κ1) is 11.4. The molecular formula is C12H20BrNO. The van der Waals surface area contributed by atoms with Crippen LogP contribution in [0.1, 0.15) is 51.4 Å². The van der Waals surface area contributed by atoms with Crippen molar-refractivity contribution in [1.82, 2.24) is 5.32 Å². The van der Waals surface area contributed by atoms with Gasteiger partial charge in [-0.25, -0.2) is 0 Å². The molecule has 0 aliphatic heterocycles. The SMILES string of the molecule is O=C(NC1CCCC1Br)C1CCCCC1. The molecular weight excluding hydrogens is 254 g/mol. The molecule has 0 saturated heterocycles. The molecule has 2 aliphatic carbocycles. The molecule has 86 valence electrons. The van der Waals surface area contributed by atoms with Gasteiger partial charge in [0.25, 0.3) is 0 Å². The predicted octanol–water partition coefficient (Wildman–Crippen LogP) is 3.00. The van der Waals surface area contributed by atoms with Crippen LogP contribution in [0.25, 0.3) is 0 Å². The van der Waals surface area contributed by atoms with E-state index in [1.807, 2.05) is 0 Å². The van der Waals surface area contributed by atoms with Crippen LogP contribution in [0.3, 0.4) is 0 Å². The lowest BCUT2D eigenvalue weighted by atomic mass is 9.88. The summed E-state index contributed by atoms with van der Waals surface area (Å²) < 4.78 is 0. The lowest BCUT2D eigenvalue weighted by molar-refractivity contribution is -0.126. The van der Waals surface area contributed by atoms with Gasteiger partial charge in [0.05, 0.1) is 0 Å². The van der Waals surface area contributed by atoms with Crippen LogP contribution < -0.4 is 5.32 Å². The smallest absolute Gasteiger partial charge is 0.223 e. The second kappa shape index (κ2) is 5.33. The van der Waals surface area contributed by atoms with Gasteiger partial charge in [-0.2, -0.15) is 0 Å². The first-order chi connectivity index (χ1) is 7.27. The zero-order valence-corrected chi connectivity index (χ0v) is 10.8. The third-order valence-corrected chi connectivity index (χ3v) is 4.83. The van der Waals surface area contributed by atoms with E-state index in [1.165, 1.54) is 32.1 Å². The Morgan fingerprint density at radius 3 is 2.33 bits per heavy atom. The van der Waals surface area contributed by atoms with Gasteiger partial charge >= 0.3 is 0 Å². The number of carbonyl (C=O) groups excluding carboxylic acids is 1. The fourth-order valence-corrected chi connectivity index (χ4v) is 3.46. The summed E-state index contributed by atoms with van der Waals surface area (Å²) in [5, 5.41) is 3.21. The second-order valence-corrected chi connectivity index (χ2v) is 6.07. The average molecular weight is 274 g/mol. The van der Waals surface area contributed by atoms with Gasteiger partial charge in [0, 0.05) is 16.8 Å². The summed E-state index contributed by atoms with van der Waals surface area (Å²) >= 11 is 3.64. The largest absolute Gasteiger partial charge is 0.352 e. The highest BCUT2D eigenvalue weighted by Gasteiger charge is 2.29. The van der Waals surface area contributed by atoms with E-state index < -0.39 is 0 Å². The fraction of sp³-hybridized carbons (Fsp3) is 0.917. The zero-order chi connectivity index (χ0) is 10.7. The minimum absolute atomic E-state index is 0.305. The van der Waals surface area contributed by atoms with Crippen LogP contribution in [0.5, 0.6) is 0 Å². The molecule has 0 spiro atoms. The maximum absolute atomic E-state index is 12.0. The summed E-state index contributed by atoms with van der Waals surface area (Å²) in [4.78, 5) is 12.5. The highest BCUT2D eigenvalue weighted by atomic mass is 79.9. The summed E-state index contributed by atoms with van der Waals surface area (Å²) in [6.07, 6.45) is 9.59. The van der Waals surface area contributed by atoms with Gasteiger partial charge in [-0.05, 0) is 25.7 Å². The van der Waals surface area contributed by atoms with E-state index in [1.54, 1.807) is 0 Å². The summed E-state index contributed by atoms with van der Waals surface area (Å²) in [5.74, 6) is 0.616. The van der Waals surface area contributed by atoms with E-state index in [4.69, 9.17) is 0 Å². The molecule has 2 rings (SSSR count). The molecule has 0 aromatic rings. The summed E-state index contributed by atoms with van der Waals surface area (Å²) in [6, 6.07) is 0.388. The van der Waals surface area contributed by atoms with Crippen LogP contribution in [0.2, 0.25) is 0 Å². The Morgan fingerprint density at radius 2 is 1.73 bits per heavy atom. The first-order valence-corrected chi connectivity index (χ1v) is 7.13. The van der Waals surface area contributed by atoms with Gasteiger partial charge in [-0.3, -0.25) is 4.79 Å². The van der Waals surface area contributed by atoms with Gasteiger partial charge in [0.2, 0.25) is 5.91 Å². The van der Waals surface area contributed by atoms with Crippen molar-refractivity contribution >= 4 is 21.8 Å². The molecule has 2 fully saturated rings. The average Bonchev–Trinajstić information content (AvgIpc) is 2.66. The molecule has 2 atom stereocenters. The normalized spacial score (nSPS) is 32.9. The number of nitrogens with one attached hydrogen (secondary N) is 1. The molecule has 2 aliphatic rings. The molecule has 3 heteroatoms. The summed E-state index contributed by atoms with van der Waals surface area (Å²) in [7, 11) is 0. The van der Waals surface area contributed by atoms with Crippen molar-refractivity contribution < 1.29 is 4.79 Å². The third-order valence-electron chi connectivity index (χ3n) is 3.74. The number of hydrogen-bond acceptors (Lipinski definition) is 1. The Bertz CT molecular complexity index is 226. The molecule has 0 aromatic heterocycles. The first-order valence-electron chi connectivity index (χ1n) is 6.22. The molecule has 0 heterocycles. The molecule has 1 N–H and O–H groups in total. The zero-order valence-electron chi connectivity index (χ0n) is 9.18. The van der Waals surface area contributed by atoms with Crippen LogP contribution in [-0.2, 0) is 4.79 Å². The fourth-order valence-electron chi connectivity index (χ4n) is 2.74. The monoisotopic (exact) mass is 273 g/mol. The number of hydrogen-bond donors (Lipinski definition) is 1. The van der Waals surface area contributed by atoms with Crippen molar-refractivity contribution in [3.8, 4) is 0 Å². The third kappa shape index (κ3) is 2.96. The van der Waals surface area contributed by atoms with Crippen LogP contribution in [0.15, 0.2) is 0 Å². The minimum atomic E-state index is 0.305. The Balaban J connectivity index is 1.80. The van der Waals surface area contributed by atoms with Crippen LogP contribution in [0, 0.1) is 5.92 Å². The number of alkyl halides is 1. The van der Waals surface area contributed by atoms with E-state index in [2.05, 4.69) is 21.2 Å². The predicted molar refractivity (Wildman–Crippen MR) is 65.1 cm³/mol. The van der Waals surface area contributed by atoms with Crippen molar-refractivity contribution in [2.45, 2.75) is 62.2 Å². The van der Waals surface area contributed by atoms with Gasteiger partial charge in [-0.15, -0.1) is 0 Å². The maximum atomic E-state index is 12.0. The van der Waals surface area contributed by atoms with Crippen molar-refractivity contribution in [3.63, 3.8) is 0 Å². The Morgan fingerprint density at radius 1 is 1.00 bits per heavy atom. The highest BCUT2D eigenvalue weighted by Crippen LogP contribution is 2.28. The van der Waals surface area contributed by atoms with Crippen LogP contribution in [-0.4, -0.2) is 16.8 Å². The molecule has 2 unspecified atom stereocenters. The van der Waals surface area contributed by atoms with Crippen LogP contribution >= 0.6 is 15.9 Å². The second-order valence-electron chi connectivity index (χ2n) is 4.90. The Labute approximate surface area is 100 Å². The Kier molecular flexibility index (Phi) is 4.06. The van der Waals surface area contributed by atoms with Crippen molar-refractivity contribution in [2.75, 3.05) is 0 Å². The number of rotatable bonds is 2. The lowest BCUT2D eigenvalue weighted by Crippen LogP contribution is -2.41. The highest BCUT2D eigenvalue weighted by molar-refractivity contribution is 9.09. The molecule has 2 saturated carbocycles. The van der Waals surface area contributed by atoms with E-state index in [0.29, 0.717) is 22.7 Å². The van der Waals surface area contributed by atoms with Gasteiger partial charge in [-0.1, -0.05) is 41.6 Å². The van der Waals surface area contributed by atoms with Gasteiger partial charge < -0.3 is 5.32 Å². The van der Waals surface area contributed by atoms with E-state index >= 15 is 0 Å². The molecule has 0 bridgehead atoms. The Hall–Kier alpha value is -0.0500. The van der Waals surface area contributed by atoms with E-state index in [9.17, 15) is 4.79 Å². The van der Waals surface area contributed by atoms with Crippen LogP contribution in [0.4, 0.5) is 0 Å². The van der Waals surface area contributed by atoms with Crippen molar-refractivity contribution in [1.29, 1.82) is 0 Å². The maximum Gasteiger partial charge on any atom is 0.223 e. The van der Waals surface area contributed by atoms with Crippen molar-refractivity contribution in [2.24, 2.45) is 5.92 Å². The quantitative estimate of drug-likeness (QED) is 0.770. The lowest BCUT2D eigenvalue weighted by Gasteiger charge is -2.24. The van der Waals surface area contributed by atoms with E-state index in [-0.39, 0.29) is 0 Å². The van der Waals surface area contributed by atoms with Crippen molar-refractivity contribution in [3.05, 3.63) is 0 Å². The topological polar surface area (TPSA) is 29.1 Å². The van der Waals surface area contributed by atoms with Gasteiger partial charge in [0.15, 0.2) is 0 Å². The van der Waals surface area contributed by atoms with Gasteiger partial charge in [0.1, 0.15) is 0 Å². The van der Waals surface area contributed by atoms with E-state index in [0.717, 1.165) is 19.3 Å². The minimum Gasteiger partial charge on any atom is -0.352 e. The number of amides is 1. The summed E-state index contributed by atoms with van der Waals surface area (Å²) in [6.45, 7) is 0. The molecule has 0 aromatic carbocycles. The molecule has 15 heavy (non-hydrogen) atoms. The molecule has 2 nitrogen and oxygen atoms in total. The number of halogens is 1.